The molecule has 0 unspecified atom stereocenters. The molecule has 0 bridgehead atoms. The van der Waals surface area contributed by atoms with Gasteiger partial charge in [0, 0.05) is 63.8 Å². The maximum Gasteiger partial charge on any atom is 0.410 e. The lowest BCUT2D eigenvalue weighted by molar-refractivity contribution is -0.137. The Kier molecular flexibility index (Phi) is 11.8. The Hall–Kier alpha value is -4.43. The molecule has 3 heterocycles. The summed E-state index contributed by atoms with van der Waals surface area (Å²) in [4.78, 5) is 50.8. The van der Waals surface area contributed by atoms with Crippen molar-refractivity contribution in [2.75, 3.05) is 80.9 Å². The van der Waals surface area contributed by atoms with Crippen LogP contribution in [0.4, 0.5) is 27.8 Å². The highest BCUT2D eigenvalue weighted by atomic mass is 16.6. The molecule has 2 aliphatic heterocycles. The van der Waals surface area contributed by atoms with Crippen LogP contribution in [0.25, 0.3) is 5.57 Å². The zero-order valence-electron chi connectivity index (χ0n) is 27.4. The van der Waals surface area contributed by atoms with Crippen LogP contribution in [0.5, 0.6) is 0 Å². The minimum Gasteiger partial charge on any atom is -0.481 e. The molecule has 4 N–H and O–H groups in total. The molecule has 1 aromatic carbocycles. The number of aliphatic carboxylic acids is 1. The number of carboxylic acids is 1. The molecular weight excluding hydrogens is 592 g/mol. The zero-order chi connectivity index (χ0) is 33.3. The van der Waals surface area contributed by atoms with E-state index in [-0.39, 0.29) is 18.4 Å². The van der Waals surface area contributed by atoms with E-state index in [1.54, 1.807) is 13.2 Å². The molecule has 0 spiro atoms. The molecule has 2 aliphatic rings. The molecule has 2 aromatic rings. The second-order valence-electron chi connectivity index (χ2n) is 12.5. The molecule has 0 atom stereocenters. The number of nitrogens with zero attached hydrogens (tertiary/aromatic N) is 5. The molecule has 0 saturated carbocycles. The monoisotopic (exact) mass is 638 g/mol. The number of hydrogen-bond acceptors (Lipinski definition) is 11. The standard InChI is InChI=1S/C32H46N8O6/c1-32(2,3)46-31(44)39(5)13-7-11-33-28-27-24(30(43)37-29(27)36-21-35-28)19-34-23-9-10-25(40-14-16-45-17-15-40)22(18-23)20-38(4)12-6-8-26(41)42/h9-10,18-19,21,34H,6-8,11-17,20H2,1-5H3,(H,41,42)(H2,33,35,36,37,43)/b24-19-. The molecule has 46 heavy (non-hydrogen) atoms. The van der Waals surface area contributed by atoms with Crippen LogP contribution in [0.3, 0.4) is 0 Å². The van der Waals surface area contributed by atoms with Gasteiger partial charge in [0.05, 0.1) is 24.4 Å². The van der Waals surface area contributed by atoms with Crippen molar-refractivity contribution in [3.05, 3.63) is 41.9 Å². The summed E-state index contributed by atoms with van der Waals surface area (Å²) in [5, 5.41) is 18.4. The number of benzene rings is 1. The van der Waals surface area contributed by atoms with Gasteiger partial charge in [-0.3, -0.25) is 9.59 Å². The summed E-state index contributed by atoms with van der Waals surface area (Å²) in [5.74, 6) is -0.150. The summed E-state index contributed by atoms with van der Waals surface area (Å²) < 4.78 is 11.0. The summed E-state index contributed by atoms with van der Waals surface area (Å²) in [6.45, 7) is 10.7. The molecule has 1 fully saturated rings. The fraction of sp³-hybridized carbons (Fsp3) is 0.531. The van der Waals surface area contributed by atoms with Crippen molar-refractivity contribution in [1.82, 2.24) is 19.8 Å². The SMILES string of the molecule is CN(CCCC(=O)O)Cc1cc(N/C=C2\C(=O)Nc3ncnc(NCCCN(C)C(=O)OC(C)(C)C)c32)ccc1N1CCOCC1. The second kappa shape index (κ2) is 15.7. The molecule has 2 amide bonds. The van der Waals surface area contributed by atoms with E-state index in [9.17, 15) is 14.4 Å². The van der Waals surface area contributed by atoms with E-state index in [0.29, 0.717) is 75.0 Å². The van der Waals surface area contributed by atoms with Gasteiger partial charge >= 0.3 is 12.1 Å². The van der Waals surface area contributed by atoms with Crippen molar-refractivity contribution >= 4 is 46.6 Å². The third kappa shape index (κ3) is 9.78. The van der Waals surface area contributed by atoms with Crippen LogP contribution >= 0.6 is 0 Å². The summed E-state index contributed by atoms with van der Waals surface area (Å²) in [6, 6.07) is 6.11. The van der Waals surface area contributed by atoms with Gasteiger partial charge in [0.2, 0.25) is 0 Å². The van der Waals surface area contributed by atoms with Crippen LogP contribution < -0.4 is 20.9 Å². The summed E-state index contributed by atoms with van der Waals surface area (Å²) in [6.07, 6.45) is 4.01. The highest BCUT2D eigenvalue weighted by Gasteiger charge is 2.29. The first-order valence-electron chi connectivity index (χ1n) is 15.6. The number of morpholine rings is 1. The topological polar surface area (TPSA) is 161 Å². The first-order chi connectivity index (χ1) is 21.9. The Labute approximate surface area is 270 Å². The number of amides is 2. The number of hydrogen-bond donors (Lipinski definition) is 4. The van der Waals surface area contributed by atoms with Crippen molar-refractivity contribution < 1.29 is 29.0 Å². The second-order valence-corrected chi connectivity index (χ2v) is 12.5. The van der Waals surface area contributed by atoms with Gasteiger partial charge in [-0.1, -0.05) is 0 Å². The molecule has 14 heteroatoms. The summed E-state index contributed by atoms with van der Waals surface area (Å²) in [5.41, 5.74) is 3.40. The number of aromatic nitrogens is 2. The Morgan fingerprint density at radius 1 is 1.15 bits per heavy atom. The van der Waals surface area contributed by atoms with Crippen molar-refractivity contribution in [2.45, 2.75) is 52.2 Å². The van der Waals surface area contributed by atoms with E-state index in [1.807, 2.05) is 33.9 Å². The minimum absolute atomic E-state index is 0.128. The summed E-state index contributed by atoms with van der Waals surface area (Å²) in [7, 11) is 3.68. The van der Waals surface area contributed by atoms with Crippen LogP contribution in [0.2, 0.25) is 0 Å². The molecular formula is C32H46N8O6. The number of ether oxygens (including phenoxy) is 2. The molecule has 250 valence electrons. The largest absolute Gasteiger partial charge is 0.481 e. The van der Waals surface area contributed by atoms with Crippen molar-refractivity contribution in [1.29, 1.82) is 0 Å². The number of fused-ring (bicyclic) bond motifs is 1. The predicted molar refractivity (Wildman–Crippen MR) is 177 cm³/mol. The third-order valence-corrected chi connectivity index (χ3v) is 7.45. The van der Waals surface area contributed by atoms with Crippen molar-refractivity contribution in [2.24, 2.45) is 0 Å². The molecule has 1 saturated heterocycles. The zero-order valence-corrected chi connectivity index (χ0v) is 27.4. The first kappa shape index (κ1) is 34.4. The maximum atomic E-state index is 13.0. The van der Waals surface area contributed by atoms with Crippen molar-refractivity contribution in [3.63, 3.8) is 0 Å². The number of carboxylic acid groups (broad SMARTS) is 1. The average Bonchev–Trinajstić information content (AvgIpc) is 3.33. The smallest absolute Gasteiger partial charge is 0.410 e. The predicted octanol–water partition coefficient (Wildman–Crippen LogP) is 3.68. The maximum absolute atomic E-state index is 13.0. The van der Waals surface area contributed by atoms with Gasteiger partial charge in [-0.2, -0.15) is 0 Å². The number of nitrogens with one attached hydrogen (secondary N) is 3. The van der Waals surface area contributed by atoms with Gasteiger partial charge in [-0.05, 0) is 71.0 Å². The van der Waals surface area contributed by atoms with Crippen LogP contribution in [0, 0.1) is 0 Å². The fourth-order valence-electron chi connectivity index (χ4n) is 5.19. The summed E-state index contributed by atoms with van der Waals surface area (Å²) >= 11 is 0. The van der Waals surface area contributed by atoms with E-state index in [4.69, 9.17) is 14.6 Å². The van der Waals surface area contributed by atoms with Gasteiger partial charge in [-0.25, -0.2) is 14.8 Å². The first-order valence-corrected chi connectivity index (χ1v) is 15.6. The lowest BCUT2D eigenvalue weighted by Crippen LogP contribution is -2.37. The van der Waals surface area contributed by atoms with Gasteiger partial charge in [-0.15, -0.1) is 0 Å². The quantitative estimate of drug-likeness (QED) is 0.176. The lowest BCUT2D eigenvalue weighted by Gasteiger charge is -2.32. The van der Waals surface area contributed by atoms with Crippen molar-refractivity contribution in [3.8, 4) is 0 Å². The third-order valence-electron chi connectivity index (χ3n) is 7.45. The molecule has 1 aromatic heterocycles. The Morgan fingerprint density at radius 2 is 1.91 bits per heavy atom. The van der Waals surface area contributed by atoms with Crippen LogP contribution in [0.1, 0.15) is 51.2 Å². The Balaban J connectivity index is 1.46. The number of carbonyl (C=O) groups is 3. The number of anilines is 4. The van der Waals surface area contributed by atoms with Crippen LogP contribution in [0.15, 0.2) is 30.7 Å². The highest BCUT2D eigenvalue weighted by Crippen LogP contribution is 2.35. The van der Waals surface area contributed by atoms with Gasteiger partial charge in [0.25, 0.3) is 5.91 Å². The van der Waals surface area contributed by atoms with E-state index in [1.165, 1.54) is 11.2 Å². The number of rotatable bonds is 14. The molecule has 0 radical (unpaired) electrons. The van der Waals surface area contributed by atoms with Crippen LogP contribution in [-0.4, -0.2) is 108 Å². The van der Waals surface area contributed by atoms with E-state index in [2.05, 4.69) is 47.9 Å². The normalized spacial score (nSPS) is 15.5. The number of carbonyl (C=O) groups excluding carboxylic acids is 2. The van der Waals surface area contributed by atoms with E-state index in [0.717, 1.165) is 30.0 Å². The Bertz CT molecular complexity index is 1420. The highest BCUT2D eigenvalue weighted by molar-refractivity contribution is 6.32. The molecule has 4 rings (SSSR count). The van der Waals surface area contributed by atoms with Gasteiger partial charge in [0.1, 0.15) is 23.6 Å². The van der Waals surface area contributed by atoms with E-state index >= 15 is 0 Å². The average molecular weight is 639 g/mol. The van der Waals surface area contributed by atoms with E-state index < -0.39 is 11.6 Å². The molecule has 0 aliphatic carbocycles. The minimum atomic E-state index is -0.797. The van der Waals surface area contributed by atoms with Gasteiger partial charge < -0.3 is 45.2 Å². The lowest BCUT2D eigenvalue weighted by atomic mass is 10.1. The molecule has 14 nitrogen and oxygen atoms in total. The Morgan fingerprint density at radius 3 is 2.63 bits per heavy atom. The van der Waals surface area contributed by atoms with Crippen LogP contribution in [-0.2, 0) is 25.6 Å². The fourth-order valence-corrected chi connectivity index (χ4v) is 5.19. The van der Waals surface area contributed by atoms with Gasteiger partial charge in [0.15, 0.2) is 0 Å².